The Balaban J connectivity index is 2.55. The van der Waals surface area contributed by atoms with Crippen LogP contribution in [0.1, 0.15) is 30.0 Å². The molecule has 0 aliphatic carbocycles. The first-order valence-corrected chi connectivity index (χ1v) is 9.09. The molecular weight excluding hydrogens is 390 g/mol. The Hall–Kier alpha value is -2.76. The number of aryl methyl sites for hydroxylation is 1. The van der Waals surface area contributed by atoms with E-state index in [2.05, 4.69) is 0 Å². The van der Waals surface area contributed by atoms with Crippen molar-refractivity contribution in [2.45, 2.75) is 32.1 Å². The van der Waals surface area contributed by atoms with Crippen LogP contribution in [0.4, 0.5) is 26.3 Å². The zero-order valence-electron chi connectivity index (χ0n) is 15.5. The minimum absolute atomic E-state index is 0.0205. The molecule has 0 saturated carbocycles. The standard InChI is InChI=1S/C23H18F6/c1-2-9-17-14-18(15-10-5-3-6-11-15)21(23(27,28)29)19(20(17)22(24,25)26)16-12-7-4-8-13-16/h3-8,10-14H,2,9H2,1H3. The minimum atomic E-state index is -4.97. The average molecular weight is 408 g/mol. The van der Waals surface area contributed by atoms with Gasteiger partial charge in [-0.05, 0) is 34.7 Å². The topological polar surface area (TPSA) is 0 Å². The highest BCUT2D eigenvalue weighted by atomic mass is 19.4. The minimum Gasteiger partial charge on any atom is -0.166 e. The molecule has 0 saturated heterocycles. The van der Waals surface area contributed by atoms with Crippen molar-refractivity contribution in [3.63, 3.8) is 0 Å². The molecule has 152 valence electrons. The molecule has 0 radical (unpaired) electrons. The second-order valence-electron chi connectivity index (χ2n) is 6.69. The molecule has 0 N–H and O–H groups in total. The lowest BCUT2D eigenvalue weighted by atomic mass is 9.83. The predicted octanol–water partition coefficient (Wildman–Crippen LogP) is 8.01. The molecule has 0 nitrogen and oxygen atoms in total. The van der Waals surface area contributed by atoms with Gasteiger partial charge in [0.15, 0.2) is 0 Å². The summed E-state index contributed by atoms with van der Waals surface area (Å²) in [6, 6.07) is 15.8. The van der Waals surface area contributed by atoms with Gasteiger partial charge in [0.25, 0.3) is 0 Å². The Morgan fingerprint density at radius 2 is 1.14 bits per heavy atom. The molecule has 0 aliphatic heterocycles. The van der Waals surface area contributed by atoms with E-state index in [9.17, 15) is 26.3 Å². The van der Waals surface area contributed by atoms with Gasteiger partial charge in [0.2, 0.25) is 0 Å². The Labute approximate surface area is 164 Å². The first-order chi connectivity index (χ1) is 13.6. The number of rotatable bonds is 4. The van der Waals surface area contributed by atoms with Crippen molar-refractivity contribution >= 4 is 0 Å². The van der Waals surface area contributed by atoms with Gasteiger partial charge in [-0.25, -0.2) is 0 Å². The number of alkyl halides is 6. The first kappa shape index (κ1) is 21.0. The quantitative estimate of drug-likeness (QED) is 0.384. The molecule has 0 spiro atoms. The lowest BCUT2D eigenvalue weighted by Gasteiger charge is -2.25. The van der Waals surface area contributed by atoms with E-state index in [4.69, 9.17) is 0 Å². The Bertz CT molecular complexity index is 970. The van der Waals surface area contributed by atoms with Crippen molar-refractivity contribution in [3.8, 4) is 22.3 Å². The first-order valence-electron chi connectivity index (χ1n) is 9.09. The van der Waals surface area contributed by atoms with Crippen LogP contribution in [0.15, 0.2) is 66.7 Å². The summed E-state index contributed by atoms with van der Waals surface area (Å²) in [6.45, 7) is 1.70. The van der Waals surface area contributed by atoms with Crippen LogP contribution in [0.2, 0.25) is 0 Å². The second kappa shape index (κ2) is 7.93. The third-order valence-corrected chi connectivity index (χ3v) is 4.64. The van der Waals surface area contributed by atoms with Gasteiger partial charge in [-0.15, -0.1) is 0 Å². The van der Waals surface area contributed by atoms with Gasteiger partial charge in [0, 0.05) is 5.56 Å². The zero-order chi connectivity index (χ0) is 21.2. The van der Waals surface area contributed by atoms with Gasteiger partial charge in [-0.1, -0.05) is 74.0 Å². The Morgan fingerprint density at radius 1 is 0.655 bits per heavy atom. The van der Waals surface area contributed by atoms with E-state index in [1.165, 1.54) is 36.4 Å². The van der Waals surface area contributed by atoms with E-state index in [1.54, 1.807) is 31.2 Å². The molecular formula is C23H18F6. The van der Waals surface area contributed by atoms with Gasteiger partial charge in [0.1, 0.15) is 0 Å². The molecule has 3 rings (SSSR count). The van der Waals surface area contributed by atoms with Crippen molar-refractivity contribution in [2.24, 2.45) is 0 Å². The molecule has 3 aromatic carbocycles. The normalized spacial score (nSPS) is 12.2. The Kier molecular flexibility index (Phi) is 5.73. The van der Waals surface area contributed by atoms with Gasteiger partial charge in [0.05, 0.1) is 11.1 Å². The lowest BCUT2D eigenvalue weighted by Crippen LogP contribution is -2.18. The van der Waals surface area contributed by atoms with E-state index in [1.807, 2.05) is 0 Å². The summed E-state index contributed by atoms with van der Waals surface area (Å²) >= 11 is 0. The van der Waals surface area contributed by atoms with E-state index in [0.29, 0.717) is 6.42 Å². The third kappa shape index (κ3) is 4.31. The van der Waals surface area contributed by atoms with Crippen LogP contribution in [0.25, 0.3) is 22.3 Å². The van der Waals surface area contributed by atoms with Crippen LogP contribution in [0.5, 0.6) is 0 Å². The molecule has 0 fully saturated rings. The van der Waals surface area contributed by atoms with E-state index < -0.39 is 29.0 Å². The lowest BCUT2D eigenvalue weighted by molar-refractivity contribution is -0.142. The molecule has 0 aromatic heterocycles. The monoisotopic (exact) mass is 408 g/mol. The zero-order valence-corrected chi connectivity index (χ0v) is 15.5. The molecule has 6 heteroatoms. The Morgan fingerprint density at radius 3 is 1.59 bits per heavy atom. The van der Waals surface area contributed by atoms with E-state index >= 15 is 0 Å². The third-order valence-electron chi connectivity index (χ3n) is 4.64. The van der Waals surface area contributed by atoms with Gasteiger partial charge in [-0.3, -0.25) is 0 Å². The molecule has 0 aliphatic rings. The molecule has 0 unspecified atom stereocenters. The summed E-state index contributed by atoms with van der Waals surface area (Å²) in [6.07, 6.45) is -9.50. The maximum atomic E-state index is 14.2. The summed E-state index contributed by atoms with van der Waals surface area (Å²) in [7, 11) is 0. The molecule has 0 atom stereocenters. The summed E-state index contributed by atoms with van der Waals surface area (Å²) < 4.78 is 84.8. The number of hydrogen-bond donors (Lipinski definition) is 0. The predicted molar refractivity (Wildman–Crippen MR) is 101 cm³/mol. The smallest absolute Gasteiger partial charge is 0.166 e. The van der Waals surface area contributed by atoms with Crippen LogP contribution in [0, 0.1) is 0 Å². The summed E-state index contributed by atoms with van der Waals surface area (Å²) in [4.78, 5) is 0. The SMILES string of the molecule is CCCc1cc(-c2ccccc2)c(C(F)(F)F)c(-c2ccccc2)c1C(F)(F)F. The number of benzene rings is 3. The van der Waals surface area contributed by atoms with Crippen molar-refractivity contribution < 1.29 is 26.3 Å². The van der Waals surface area contributed by atoms with Crippen molar-refractivity contribution in [3.05, 3.63) is 83.4 Å². The molecule has 29 heavy (non-hydrogen) atoms. The van der Waals surface area contributed by atoms with Gasteiger partial charge >= 0.3 is 12.4 Å². The largest absolute Gasteiger partial charge is 0.417 e. The molecule has 0 amide bonds. The fourth-order valence-electron chi connectivity index (χ4n) is 3.56. The van der Waals surface area contributed by atoms with Gasteiger partial charge < -0.3 is 0 Å². The molecule has 0 heterocycles. The van der Waals surface area contributed by atoms with E-state index in [-0.39, 0.29) is 28.7 Å². The fraction of sp³-hybridized carbons (Fsp3) is 0.217. The second-order valence-corrected chi connectivity index (χ2v) is 6.69. The van der Waals surface area contributed by atoms with Crippen molar-refractivity contribution in [1.82, 2.24) is 0 Å². The molecule has 0 bridgehead atoms. The summed E-state index contributed by atoms with van der Waals surface area (Å²) in [5.41, 5.74) is -3.54. The van der Waals surface area contributed by atoms with Crippen LogP contribution < -0.4 is 0 Å². The average Bonchev–Trinajstić information content (AvgIpc) is 2.67. The number of halogens is 6. The number of hydrogen-bond acceptors (Lipinski definition) is 0. The molecule has 3 aromatic rings. The maximum Gasteiger partial charge on any atom is 0.417 e. The summed E-state index contributed by atoms with van der Waals surface area (Å²) in [5.74, 6) is 0. The highest BCUT2D eigenvalue weighted by Gasteiger charge is 2.44. The van der Waals surface area contributed by atoms with Crippen LogP contribution in [-0.4, -0.2) is 0 Å². The van der Waals surface area contributed by atoms with Crippen molar-refractivity contribution in [1.29, 1.82) is 0 Å². The summed E-state index contributed by atoms with van der Waals surface area (Å²) in [5, 5.41) is 0. The highest BCUT2D eigenvalue weighted by Crippen LogP contribution is 2.50. The fourth-order valence-corrected chi connectivity index (χ4v) is 3.56. The van der Waals surface area contributed by atoms with E-state index in [0.717, 1.165) is 6.07 Å². The van der Waals surface area contributed by atoms with Gasteiger partial charge in [-0.2, -0.15) is 26.3 Å². The maximum absolute atomic E-state index is 14.2. The highest BCUT2D eigenvalue weighted by molar-refractivity contribution is 5.83. The van der Waals surface area contributed by atoms with Crippen LogP contribution in [0.3, 0.4) is 0 Å². The van der Waals surface area contributed by atoms with Crippen LogP contribution >= 0.6 is 0 Å². The van der Waals surface area contributed by atoms with Crippen molar-refractivity contribution in [2.75, 3.05) is 0 Å². The van der Waals surface area contributed by atoms with Crippen LogP contribution in [-0.2, 0) is 18.8 Å².